The Hall–Kier alpha value is -3.30. The number of carbonyl (C=O) groups excluding carboxylic acids is 2. The second-order valence-corrected chi connectivity index (χ2v) is 10.7. The molecule has 1 aromatic carbocycles. The van der Waals surface area contributed by atoms with Crippen molar-refractivity contribution in [3.8, 4) is 11.3 Å². The van der Waals surface area contributed by atoms with Gasteiger partial charge in [-0.1, -0.05) is 0 Å². The second kappa shape index (κ2) is 7.60. The Morgan fingerprint density at radius 2 is 2.06 bits per heavy atom. The molecule has 9 nitrogen and oxygen atoms in total. The summed E-state index contributed by atoms with van der Waals surface area (Å²) in [4.78, 5) is 33.2. The van der Waals surface area contributed by atoms with Gasteiger partial charge in [-0.15, -0.1) is 0 Å². The SMILES string of the molecule is Cc1cc(-c2nn3cccnc3c2C(=O)N(N)C2CC(C)(O)C2)cc2c1C(=O)N([C@@H](C)C1CC1)C2. The number of hydrogen-bond acceptors (Lipinski definition) is 6. The Kier molecular flexibility index (Phi) is 4.82. The highest BCUT2D eigenvalue weighted by molar-refractivity contribution is 6.06. The third-order valence-electron chi connectivity index (χ3n) is 7.89. The number of carbonyl (C=O) groups is 2. The van der Waals surface area contributed by atoms with Crippen molar-refractivity contribution in [2.24, 2.45) is 11.8 Å². The summed E-state index contributed by atoms with van der Waals surface area (Å²) in [6.07, 6.45) is 6.57. The molecule has 3 aromatic rings. The molecule has 2 saturated carbocycles. The molecule has 2 aromatic heterocycles. The normalized spacial score (nSPS) is 24.4. The molecule has 3 N–H and O–H groups in total. The van der Waals surface area contributed by atoms with Crippen LogP contribution in [0.5, 0.6) is 0 Å². The molecule has 2 fully saturated rings. The number of amides is 2. The van der Waals surface area contributed by atoms with E-state index in [0.29, 0.717) is 42.2 Å². The van der Waals surface area contributed by atoms with Crippen LogP contribution in [-0.4, -0.2) is 59.1 Å². The fraction of sp³-hybridized carbons (Fsp3) is 0.462. The van der Waals surface area contributed by atoms with Gasteiger partial charge in [-0.2, -0.15) is 5.10 Å². The van der Waals surface area contributed by atoms with Gasteiger partial charge in [0.25, 0.3) is 11.8 Å². The van der Waals surface area contributed by atoms with Gasteiger partial charge >= 0.3 is 0 Å². The highest BCUT2D eigenvalue weighted by Crippen LogP contribution is 2.40. The lowest BCUT2D eigenvalue weighted by atomic mass is 9.77. The Morgan fingerprint density at radius 1 is 1.31 bits per heavy atom. The first-order valence-electron chi connectivity index (χ1n) is 12.2. The maximum Gasteiger partial charge on any atom is 0.274 e. The van der Waals surface area contributed by atoms with Gasteiger partial charge < -0.3 is 10.0 Å². The molecule has 1 atom stereocenters. The van der Waals surface area contributed by atoms with Crippen LogP contribution in [0.1, 0.15) is 71.4 Å². The fourth-order valence-corrected chi connectivity index (χ4v) is 5.72. The Balaban J connectivity index is 1.41. The average molecular weight is 475 g/mol. The lowest BCUT2D eigenvalue weighted by Crippen LogP contribution is -2.58. The number of nitrogens with two attached hydrogens (primary N) is 1. The molecule has 6 rings (SSSR count). The smallest absolute Gasteiger partial charge is 0.274 e. The number of aromatic nitrogens is 3. The van der Waals surface area contributed by atoms with Crippen molar-refractivity contribution in [3.05, 3.63) is 52.8 Å². The third kappa shape index (κ3) is 3.52. The van der Waals surface area contributed by atoms with Crippen molar-refractivity contribution >= 4 is 17.5 Å². The summed E-state index contributed by atoms with van der Waals surface area (Å²) in [5.74, 6) is 6.54. The molecule has 2 amide bonds. The minimum absolute atomic E-state index is 0.0848. The Bertz CT molecular complexity index is 1370. The van der Waals surface area contributed by atoms with E-state index in [1.54, 1.807) is 29.9 Å². The average Bonchev–Trinajstić information content (AvgIpc) is 3.50. The third-order valence-corrected chi connectivity index (χ3v) is 7.89. The van der Waals surface area contributed by atoms with E-state index >= 15 is 0 Å². The van der Waals surface area contributed by atoms with Gasteiger partial charge in [0.2, 0.25) is 0 Å². The molecule has 9 heteroatoms. The lowest BCUT2D eigenvalue weighted by Gasteiger charge is -2.44. The topological polar surface area (TPSA) is 117 Å². The first-order valence-corrected chi connectivity index (χ1v) is 12.2. The van der Waals surface area contributed by atoms with Crippen LogP contribution in [-0.2, 0) is 6.54 Å². The van der Waals surface area contributed by atoms with Crippen LogP contribution in [0.2, 0.25) is 0 Å². The van der Waals surface area contributed by atoms with Crippen LogP contribution in [0, 0.1) is 12.8 Å². The van der Waals surface area contributed by atoms with Crippen LogP contribution < -0.4 is 5.84 Å². The molecule has 3 aliphatic rings. The van der Waals surface area contributed by atoms with Crippen molar-refractivity contribution in [2.45, 2.75) is 70.7 Å². The lowest BCUT2D eigenvalue weighted by molar-refractivity contribution is -0.0697. The maximum absolute atomic E-state index is 13.6. The van der Waals surface area contributed by atoms with Gasteiger partial charge in [0.1, 0.15) is 11.3 Å². The summed E-state index contributed by atoms with van der Waals surface area (Å²) in [6.45, 7) is 6.38. The van der Waals surface area contributed by atoms with Crippen molar-refractivity contribution in [3.63, 3.8) is 0 Å². The van der Waals surface area contributed by atoms with Gasteiger partial charge in [-0.05, 0) is 81.7 Å². The molecular formula is C26H30N6O3. The molecule has 0 saturated heterocycles. The molecule has 0 radical (unpaired) electrons. The van der Waals surface area contributed by atoms with Crippen LogP contribution in [0.15, 0.2) is 30.6 Å². The minimum atomic E-state index is -0.808. The van der Waals surface area contributed by atoms with E-state index < -0.39 is 5.60 Å². The minimum Gasteiger partial charge on any atom is -0.390 e. The van der Waals surface area contributed by atoms with Crippen LogP contribution in [0.4, 0.5) is 0 Å². The second-order valence-electron chi connectivity index (χ2n) is 10.7. The Labute approximate surface area is 203 Å². The van der Waals surface area contributed by atoms with E-state index in [0.717, 1.165) is 22.3 Å². The summed E-state index contributed by atoms with van der Waals surface area (Å²) in [5.41, 5.74) is 3.78. The monoisotopic (exact) mass is 474 g/mol. The van der Waals surface area contributed by atoms with Crippen LogP contribution in [0.25, 0.3) is 16.9 Å². The van der Waals surface area contributed by atoms with Crippen molar-refractivity contribution in [1.29, 1.82) is 0 Å². The van der Waals surface area contributed by atoms with E-state index in [1.807, 2.05) is 24.0 Å². The molecule has 3 heterocycles. The zero-order valence-electron chi connectivity index (χ0n) is 20.2. The predicted octanol–water partition coefficient (Wildman–Crippen LogP) is 2.69. The quantitative estimate of drug-likeness (QED) is 0.334. The molecule has 35 heavy (non-hydrogen) atoms. The van der Waals surface area contributed by atoms with Gasteiger partial charge in [0.05, 0.1) is 11.6 Å². The summed E-state index contributed by atoms with van der Waals surface area (Å²) in [5, 5.41) is 16.0. The van der Waals surface area contributed by atoms with E-state index in [1.165, 1.54) is 17.9 Å². The van der Waals surface area contributed by atoms with Gasteiger partial charge in [-0.25, -0.2) is 15.3 Å². The molecule has 2 aliphatic carbocycles. The van der Waals surface area contributed by atoms with Crippen molar-refractivity contribution in [1.82, 2.24) is 24.5 Å². The number of rotatable bonds is 5. The molecule has 1 aliphatic heterocycles. The summed E-state index contributed by atoms with van der Waals surface area (Å²) in [7, 11) is 0. The van der Waals surface area contributed by atoms with E-state index in [2.05, 4.69) is 11.9 Å². The zero-order chi connectivity index (χ0) is 24.6. The van der Waals surface area contributed by atoms with E-state index in [4.69, 9.17) is 10.9 Å². The van der Waals surface area contributed by atoms with Crippen LogP contribution >= 0.6 is 0 Å². The molecule has 0 unspecified atom stereocenters. The first kappa shape index (κ1) is 22.2. The Morgan fingerprint density at radius 3 is 2.74 bits per heavy atom. The number of hydrazine groups is 1. The van der Waals surface area contributed by atoms with Gasteiger partial charge in [0.15, 0.2) is 5.65 Å². The molecule has 182 valence electrons. The number of aryl methyl sites for hydroxylation is 1. The number of benzene rings is 1. The van der Waals surface area contributed by atoms with Gasteiger partial charge in [-0.3, -0.25) is 14.6 Å². The predicted molar refractivity (Wildman–Crippen MR) is 129 cm³/mol. The van der Waals surface area contributed by atoms with Crippen molar-refractivity contribution in [2.75, 3.05) is 0 Å². The summed E-state index contributed by atoms with van der Waals surface area (Å²) < 4.78 is 1.59. The molecular weight excluding hydrogens is 444 g/mol. The summed E-state index contributed by atoms with van der Waals surface area (Å²) in [6, 6.07) is 5.63. The number of hydrogen-bond donors (Lipinski definition) is 2. The highest BCUT2D eigenvalue weighted by atomic mass is 16.3. The first-order chi connectivity index (χ1) is 16.6. The largest absolute Gasteiger partial charge is 0.390 e. The highest BCUT2D eigenvalue weighted by Gasteiger charge is 2.44. The molecule has 0 spiro atoms. The molecule has 0 bridgehead atoms. The van der Waals surface area contributed by atoms with E-state index in [9.17, 15) is 14.7 Å². The fourth-order valence-electron chi connectivity index (χ4n) is 5.72. The number of aliphatic hydroxyl groups is 1. The van der Waals surface area contributed by atoms with E-state index in [-0.39, 0.29) is 23.9 Å². The standard InChI is InChI=1S/C26H30N6O3/c1-14-9-17(10-18-13-30(24(33)20(14)18)15(2)16-5-6-16)22-21(23-28-7-4-8-31(23)29-22)25(34)32(27)19-11-26(3,35)12-19/h4,7-10,15-16,19,35H,5-6,11-13,27H2,1-3H3/t15-,19?,26?/m0/s1. The number of nitrogens with zero attached hydrogens (tertiary/aromatic N) is 5. The summed E-state index contributed by atoms with van der Waals surface area (Å²) >= 11 is 0. The zero-order valence-corrected chi connectivity index (χ0v) is 20.2. The van der Waals surface area contributed by atoms with Gasteiger partial charge in [0, 0.05) is 36.1 Å². The number of fused-ring (bicyclic) bond motifs is 2. The maximum atomic E-state index is 13.6. The van der Waals surface area contributed by atoms with Crippen molar-refractivity contribution < 1.29 is 14.7 Å². The van der Waals surface area contributed by atoms with Crippen LogP contribution in [0.3, 0.4) is 0 Å².